The van der Waals surface area contributed by atoms with Crippen LogP contribution in [0.4, 0.5) is 0 Å². The fourth-order valence-electron chi connectivity index (χ4n) is 3.51. The largest absolute Gasteiger partial charge is 0.347 e. The van der Waals surface area contributed by atoms with Gasteiger partial charge in [0.05, 0.1) is 5.52 Å². The van der Waals surface area contributed by atoms with Crippen molar-refractivity contribution in [2.75, 3.05) is 13.1 Å². The Morgan fingerprint density at radius 3 is 2.43 bits per heavy atom. The van der Waals surface area contributed by atoms with E-state index in [4.69, 9.17) is 0 Å². The molecule has 2 heterocycles. The van der Waals surface area contributed by atoms with Gasteiger partial charge in [0.25, 0.3) is 11.8 Å². The molecule has 5 heteroatoms. The molecule has 4 rings (SSSR count). The first-order valence-electron chi connectivity index (χ1n) is 9.73. The summed E-state index contributed by atoms with van der Waals surface area (Å²) in [5.74, 6) is -0.116. The number of nitrogens with one attached hydrogen (secondary N) is 1. The lowest BCUT2D eigenvalue weighted by atomic mass is 10.1. The molecule has 0 atom stereocenters. The Labute approximate surface area is 164 Å². The third-order valence-electron chi connectivity index (χ3n) is 5.13. The van der Waals surface area contributed by atoms with Gasteiger partial charge < -0.3 is 10.2 Å². The molecule has 28 heavy (non-hydrogen) atoms. The first-order chi connectivity index (χ1) is 13.7. The summed E-state index contributed by atoms with van der Waals surface area (Å²) in [7, 11) is 0. The van der Waals surface area contributed by atoms with E-state index in [-0.39, 0.29) is 11.8 Å². The third-order valence-corrected chi connectivity index (χ3v) is 5.13. The fraction of sp³-hybridized carbons (Fsp3) is 0.261. The van der Waals surface area contributed by atoms with Crippen molar-refractivity contribution in [1.82, 2.24) is 15.2 Å². The molecule has 1 aliphatic rings. The predicted octanol–water partition coefficient (Wildman–Crippen LogP) is 3.79. The highest BCUT2D eigenvalue weighted by Crippen LogP contribution is 2.14. The van der Waals surface area contributed by atoms with Crippen molar-refractivity contribution >= 4 is 22.7 Å². The molecule has 0 spiro atoms. The molecule has 3 aromatic rings. The van der Waals surface area contributed by atoms with Crippen molar-refractivity contribution in [3.63, 3.8) is 0 Å². The zero-order chi connectivity index (χ0) is 19.3. The van der Waals surface area contributed by atoms with Crippen molar-refractivity contribution in [2.24, 2.45) is 0 Å². The quantitative estimate of drug-likeness (QED) is 0.757. The van der Waals surface area contributed by atoms with Gasteiger partial charge >= 0.3 is 0 Å². The highest BCUT2D eigenvalue weighted by molar-refractivity contribution is 5.95. The van der Waals surface area contributed by atoms with Gasteiger partial charge in [0.2, 0.25) is 0 Å². The van der Waals surface area contributed by atoms with Gasteiger partial charge in [0.15, 0.2) is 0 Å². The number of carbonyl (C=O) groups is 2. The first kappa shape index (κ1) is 18.2. The summed E-state index contributed by atoms with van der Waals surface area (Å²) in [4.78, 5) is 31.3. The summed E-state index contributed by atoms with van der Waals surface area (Å²) in [6.07, 6.45) is 3.37. The number of amides is 2. The van der Waals surface area contributed by atoms with Gasteiger partial charge in [0.1, 0.15) is 5.69 Å². The smallest absolute Gasteiger partial charge is 0.270 e. The second-order valence-corrected chi connectivity index (χ2v) is 7.12. The minimum Gasteiger partial charge on any atom is -0.347 e. The Morgan fingerprint density at radius 2 is 1.64 bits per heavy atom. The van der Waals surface area contributed by atoms with Crippen molar-refractivity contribution < 1.29 is 9.59 Å². The fourth-order valence-corrected chi connectivity index (χ4v) is 3.51. The average molecular weight is 373 g/mol. The molecular weight excluding hydrogens is 350 g/mol. The van der Waals surface area contributed by atoms with Crippen molar-refractivity contribution in [1.29, 1.82) is 0 Å². The van der Waals surface area contributed by atoms with Crippen molar-refractivity contribution in [3.05, 3.63) is 77.5 Å². The summed E-state index contributed by atoms with van der Waals surface area (Å²) in [5, 5.41) is 3.90. The van der Waals surface area contributed by atoms with Gasteiger partial charge in [-0.25, -0.2) is 4.98 Å². The zero-order valence-corrected chi connectivity index (χ0v) is 15.7. The number of piperidine rings is 1. The van der Waals surface area contributed by atoms with Gasteiger partial charge in [-0.1, -0.05) is 36.4 Å². The standard InChI is InChI=1S/C23H23N3O2/c27-22(21-13-12-18-6-2-3-7-20(18)25-21)24-16-17-8-10-19(11-9-17)23(28)26-14-4-1-5-15-26/h2-3,6-13H,1,4-5,14-16H2,(H,24,27). The van der Waals surface area contributed by atoms with Crippen LogP contribution < -0.4 is 5.32 Å². The van der Waals surface area contributed by atoms with Crippen LogP contribution in [0.5, 0.6) is 0 Å². The van der Waals surface area contributed by atoms with Crippen LogP contribution in [-0.2, 0) is 6.54 Å². The number of fused-ring (bicyclic) bond motifs is 1. The number of pyridine rings is 1. The Bertz CT molecular complexity index is 992. The number of nitrogens with zero attached hydrogens (tertiary/aromatic N) is 2. The van der Waals surface area contributed by atoms with Gasteiger partial charge in [-0.15, -0.1) is 0 Å². The molecule has 142 valence electrons. The molecule has 1 aliphatic heterocycles. The SMILES string of the molecule is O=C(NCc1ccc(C(=O)N2CCCCC2)cc1)c1ccc2ccccc2n1. The Balaban J connectivity index is 1.37. The van der Waals surface area contributed by atoms with Crippen molar-refractivity contribution in [2.45, 2.75) is 25.8 Å². The molecule has 1 aromatic heterocycles. The number of rotatable bonds is 4. The van der Waals surface area contributed by atoms with E-state index in [1.54, 1.807) is 6.07 Å². The molecule has 0 saturated carbocycles. The number of para-hydroxylation sites is 1. The lowest BCUT2D eigenvalue weighted by Gasteiger charge is -2.26. The highest BCUT2D eigenvalue weighted by atomic mass is 16.2. The van der Waals surface area contributed by atoms with Crippen LogP contribution in [0, 0.1) is 0 Å². The van der Waals surface area contributed by atoms with E-state index in [0.29, 0.717) is 17.8 Å². The molecular formula is C23H23N3O2. The Morgan fingerprint density at radius 1 is 0.893 bits per heavy atom. The Hall–Kier alpha value is -3.21. The van der Waals surface area contributed by atoms with E-state index in [2.05, 4.69) is 10.3 Å². The van der Waals surface area contributed by atoms with Crippen LogP contribution in [0.3, 0.4) is 0 Å². The lowest BCUT2D eigenvalue weighted by molar-refractivity contribution is 0.0724. The van der Waals surface area contributed by atoms with E-state index in [0.717, 1.165) is 42.4 Å². The molecule has 2 amide bonds. The minimum absolute atomic E-state index is 0.0932. The van der Waals surface area contributed by atoms with Crippen LogP contribution in [0.15, 0.2) is 60.7 Å². The number of benzene rings is 2. The molecule has 1 N–H and O–H groups in total. The van der Waals surface area contributed by atoms with Crippen molar-refractivity contribution in [3.8, 4) is 0 Å². The molecule has 2 aromatic carbocycles. The first-order valence-corrected chi connectivity index (χ1v) is 9.73. The summed E-state index contributed by atoms with van der Waals surface area (Å²) in [5.41, 5.74) is 2.85. The summed E-state index contributed by atoms with van der Waals surface area (Å²) in [6.45, 7) is 2.08. The van der Waals surface area contributed by atoms with Gasteiger partial charge in [-0.05, 0) is 49.1 Å². The molecule has 1 fully saturated rings. The van der Waals surface area contributed by atoms with E-state index in [1.165, 1.54) is 6.42 Å². The second kappa shape index (κ2) is 8.21. The molecule has 0 aliphatic carbocycles. The molecule has 5 nitrogen and oxygen atoms in total. The number of hydrogen-bond acceptors (Lipinski definition) is 3. The topological polar surface area (TPSA) is 62.3 Å². The Kier molecular flexibility index (Phi) is 5.33. The number of carbonyl (C=O) groups excluding carboxylic acids is 2. The maximum absolute atomic E-state index is 12.5. The van der Waals surface area contributed by atoms with E-state index in [9.17, 15) is 9.59 Å². The average Bonchev–Trinajstić information content (AvgIpc) is 2.77. The third kappa shape index (κ3) is 4.03. The molecule has 1 saturated heterocycles. The van der Waals surface area contributed by atoms with E-state index < -0.39 is 0 Å². The van der Waals surface area contributed by atoms with Crippen LogP contribution in [0.2, 0.25) is 0 Å². The summed E-state index contributed by atoms with van der Waals surface area (Å²) >= 11 is 0. The minimum atomic E-state index is -0.209. The summed E-state index contributed by atoms with van der Waals surface area (Å²) < 4.78 is 0. The van der Waals surface area contributed by atoms with Gasteiger partial charge in [-0.3, -0.25) is 9.59 Å². The monoisotopic (exact) mass is 373 g/mol. The van der Waals surface area contributed by atoms with Gasteiger partial charge in [-0.2, -0.15) is 0 Å². The number of hydrogen-bond donors (Lipinski definition) is 1. The highest BCUT2D eigenvalue weighted by Gasteiger charge is 2.18. The van der Waals surface area contributed by atoms with Crippen LogP contribution in [0.25, 0.3) is 10.9 Å². The lowest BCUT2D eigenvalue weighted by Crippen LogP contribution is -2.35. The number of likely N-dealkylation sites (tertiary alicyclic amines) is 1. The molecule has 0 radical (unpaired) electrons. The summed E-state index contributed by atoms with van der Waals surface area (Å²) in [6, 6.07) is 18.8. The van der Waals surface area contributed by atoms with E-state index >= 15 is 0 Å². The second-order valence-electron chi connectivity index (χ2n) is 7.12. The predicted molar refractivity (Wildman–Crippen MR) is 109 cm³/mol. The zero-order valence-electron chi connectivity index (χ0n) is 15.7. The normalized spacial score (nSPS) is 14.1. The number of aromatic nitrogens is 1. The van der Waals surface area contributed by atoms with E-state index in [1.807, 2.05) is 59.5 Å². The molecule has 0 unspecified atom stereocenters. The van der Waals surface area contributed by atoms with Crippen LogP contribution in [0.1, 0.15) is 45.7 Å². The maximum Gasteiger partial charge on any atom is 0.270 e. The maximum atomic E-state index is 12.5. The van der Waals surface area contributed by atoms with Gasteiger partial charge in [0, 0.05) is 30.6 Å². The van der Waals surface area contributed by atoms with Crippen LogP contribution >= 0.6 is 0 Å². The van der Waals surface area contributed by atoms with Crippen LogP contribution in [-0.4, -0.2) is 34.8 Å². The molecule has 0 bridgehead atoms.